The molecule has 7 heteroatoms. The molecule has 0 radical (unpaired) electrons. The summed E-state index contributed by atoms with van der Waals surface area (Å²) < 4.78 is 25.3. The number of hydrogen-bond acceptors (Lipinski definition) is 4. The highest BCUT2D eigenvalue weighted by molar-refractivity contribution is 7.90. The Balaban J connectivity index is 1.69. The van der Waals surface area contributed by atoms with Crippen LogP contribution in [-0.4, -0.2) is 42.1 Å². The van der Waals surface area contributed by atoms with Crippen LogP contribution in [0.3, 0.4) is 0 Å². The number of imidazole rings is 1. The van der Waals surface area contributed by atoms with Crippen molar-refractivity contribution < 1.29 is 13.2 Å². The Bertz CT molecular complexity index is 1100. The van der Waals surface area contributed by atoms with Crippen molar-refractivity contribution >= 4 is 26.8 Å². The van der Waals surface area contributed by atoms with Crippen molar-refractivity contribution in [2.45, 2.75) is 37.8 Å². The highest BCUT2D eigenvalue weighted by Gasteiger charge is 2.19. The maximum Gasteiger partial charge on any atom is 0.224 e. The minimum Gasteiger partial charge on any atom is -0.339 e. The van der Waals surface area contributed by atoms with Gasteiger partial charge in [-0.15, -0.1) is 0 Å². The van der Waals surface area contributed by atoms with E-state index in [0.717, 1.165) is 22.4 Å². The first kappa shape index (κ1) is 20.1. The molecule has 2 aromatic carbocycles. The lowest BCUT2D eigenvalue weighted by atomic mass is 10.1. The van der Waals surface area contributed by atoms with Gasteiger partial charge in [0.25, 0.3) is 0 Å². The van der Waals surface area contributed by atoms with Crippen LogP contribution in [0, 0.1) is 6.92 Å². The third-order valence-corrected chi connectivity index (χ3v) is 6.29. The Labute approximate surface area is 165 Å². The third kappa shape index (κ3) is 4.09. The van der Waals surface area contributed by atoms with Gasteiger partial charge < -0.3 is 9.47 Å². The van der Waals surface area contributed by atoms with Gasteiger partial charge in [0, 0.05) is 26.3 Å². The number of benzene rings is 2. The van der Waals surface area contributed by atoms with Crippen LogP contribution in [0.2, 0.25) is 0 Å². The standard InChI is InChI=1S/C21H25N3O3S/c1-15(17-9-11-18(12-10-17)28(4,26)27)23(3)21(25)13-14-24-16(2)22-19-7-5-6-8-20(19)24/h5-12,15H,13-14H2,1-4H3/t15-/m1/s1. The number of carbonyl (C=O) groups is 1. The summed E-state index contributed by atoms with van der Waals surface area (Å²) in [6, 6.07) is 14.4. The van der Waals surface area contributed by atoms with Crippen molar-refractivity contribution in [3.05, 3.63) is 59.9 Å². The summed E-state index contributed by atoms with van der Waals surface area (Å²) in [5, 5.41) is 0. The van der Waals surface area contributed by atoms with Crippen molar-refractivity contribution in [1.29, 1.82) is 0 Å². The Morgan fingerprint density at radius 2 is 1.79 bits per heavy atom. The normalized spacial score (nSPS) is 12.9. The Morgan fingerprint density at radius 3 is 2.43 bits per heavy atom. The topological polar surface area (TPSA) is 72.3 Å². The van der Waals surface area contributed by atoms with Crippen molar-refractivity contribution in [2.75, 3.05) is 13.3 Å². The molecule has 3 rings (SSSR count). The maximum absolute atomic E-state index is 12.7. The highest BCUT2D eigenvalue weighted by atomic mass is 32.2. The van der Waals surface area contributed by atoms with E-state index in [1.165, 1.54) is 6.26 Å². The molecule has 0 saturated heterocycles. The van der Waals surface area contributed by atoms with Gasteiger partial charge in [-0.25, -0.2) is 13.4 Å². The van der Waals surface area contributed by atoms with Crippen LogP contribution < -0.4 is 0 Å². The van der Waals surface area contributed by atoms with Gasteiger partial charge in [-0.3, -0.25) is 4.79 Å². The van der Waals surface area contributed by atoms with Gasteiger partial charge in [-0.05, 0) is 43.7 Å². The molecule has 1 heterocycles. The molecule has 0 aliphatic rings. The van der Waals surface area contributed by atoms with Crippen molar-refractivity contribution in [1.82, 2.24) is 14.5 Å². The van der Waals surface area contributed by atoms with Gasteiger partial charge in [0.15, 0.2) is 9.84 Å². The number of fused-ring (bicyclic) bond motifs is 1. The monoisotopic (exact) mass is 399 g/mol. The van der Waals surface area contributed by atoms with E-state index in [0.29, 0.717) is 13.0 Å². The van der Waals surface area contributed by atoms with Crippen molar-refractivity contribution in [2.24, 2.45) is 0 Å². The van der Waals surface area contributed by atoms with Gasteiger partial charge in [0.05, 0.1) is 22.0 Å². The summed E-state index contributed by atoms with van der Waals surface area (Å²) in [5.74, 6) is 0.915. The lowest BCUT2D eigenvalue weighted by Gasteiger charge is -2.26. The average molecular weight is 400 g/mol. The summed E-state index contributed by atoms with van der Waals surface area (Å²) in [5.41, 5.74) is 2.85. The average Bonchev–Trinajstić information content (AvgIpc) is 2.99. The summed E-state index contributed by atoms with van der Waals surface area (Å²) in [6.45, 7) is 4.45. The second-order valence-corrected chi connectivity index (χ2v) is 9.09. The largest absolute Gasteiger partial charge is 0.339 e. The first-order valence-electron chi connectivity index (χ1n) is 9.16. The number of rotatable bonds is 6. The summed E-state index contributed by atoms with van der Waals surface area (Å²) in [6.07, 6.45) is 1.55. The van der Waals surface area contributed by atoms with E-state index in [2.05, 4.69) is 9.55 Å². The molecule has 0 unspecified atom stereocenters. The van der Waals surface area contributed by atoms with E-state index in [-0.39, 0.29) is 16.8 Å². The van der Waals surface area contributed by atoms with Crippen LogP contribution in [0.5, 0.6) is 0 Å². The molecule has 3 aromatic rings. The van der Waals surface area contributed by atoms with Crippen LogP contribution in [0.15, 0.2) is 53.4 Å². The molecule has 0 fully saturated rings. The lowest BCUT2D eigenvalue weighted by molar-refractivity contribution is -0.132. The van der Waals surface area contributed by atoms with E-state index in [9.17, 15) is 13.2 Å². The van der Waals surface area contributed by atoms with E-state index in [4.69, 9.17) is 0 Å². The second-order valence-electron chi connectivity index (χ2n) is 7.07. The van der Waals surface area contributed by atoms with Gasteiger partial charge in [-0.1, -0.05) is 24.3 Å². The number of aryl methyl sites for hydroxylation is 2. The minimum atomic E-state index is -3.23. The smallest absolute Gasteiger partial charge is 0.224 e. The van der Waals surface area contributed by atoms with Crippen LogP contribution >= 0.6 is 0 Å². The van der Waals surface area contributed by atoms with Gasteiger partial charge in [-0.2, -0.15) is 0 Å². The first-order valence-corrected chi connectivity index (χ1v) is 11.0. The fraction of sp³-hybridized carbons (Fsp3) is 0.333. The number of aromatic nitrogens is 2. The third-order valence-electron chi connectivity index (χ3n) is 5.16. The number of sulfone groups is 1. The zero-order valence-corrected chi connectivity index (χ0v) is 17.4. The molecule has 1 amide bonds. The van der Waals surface area contributed by atoms with E-state index < -0.39 is 9.84 Å². The molecule has 1 aromatic heterocycles. The zero-order valence-electron chi connectivity index (χ0n) is 16.6. The minimum absolute atomic E-state index is 0.0249. The molecule has 148 valence electrons. The van der Waals surface area contributed by atoms with Crippen LogP contribution in [0.4, 0.5) is 0 Å². The van der Waals surface area contributed by atoms with Crippen LogP contribution in [0.1, 0.15) is 30.8 Å². The van der Waals surface area contributed by atoms with E-state index in [1.54, 1.807) is 36.2 Å². The van der Waals surface area contributed by atoms with Crippen molar-refractivity contribution in [3.63, 3.8) is 0 Å². The quantitative estimate of drug-likeness (QED) is 0.637. The summed E-state index contributed by atoms with van der Waals surface area (Å²) >= 11 is 0. The fourth-order valence-electron chi connectivity index (χ4n) is 3.30. The fourth-order valence-corrected chi connectivity index (χ4v) is 3.93. The number of carbonyl (C=O) groups excluding carboxylic acids is 1. The Kier molecular flexibility index (Phi) is 5.56. The molecule has 1 atom stereocenters. The van der Waals surface area contributed by atoms with Crippen LogP contribution in [-0.2, 0) is 21.2 Å². The molecule has 0 bridgehead atoms. The summed E-state index contributed by atoms with van der Waals surface area (Å²) in [7, 11) is -1.45. The zero-order chi connectivity index (χ0) is 20.5. The number of hydrogen-bond donors (Lipinski definition) is 0. The first-order chi connectivity index (χ1) is 13.2. The molecule has 6 nitrogen and oxygen atoms in total. The van der Waals surface area contributed by atoms with E-state index >= 15 is 0 Å². The molecule has 0 N–H and O–H groups in total. The highest BCUT2D eigenvalue weighted by Crippen LogP contribution is 2.22. The maximum atomic E-state index is 12.7. The van der Waals surface area contributed by atoms with Crippen LogP contribution in [0.25, 0.3) is 11.0 Å². The molecule has 28 heavy (non-hydrogen) atoms. The van der Waals surface area contributed by atoms with Gasteiger partial charge in [0.1, 0.15) is 5.82 Å². The van der Waals surface area contributed by atoms with Crippen molar-refractivity contribution in [3.8, 4) is 0 Å². The summed E-state index contributed by atoms with van der Waals surface area (Å²) in [4.78, 5) is 19.2. The molecule has 0 aliphatic heterocycles. The SMILES string of the molecule is Cc1nc2ccccc2n1CCC(=O)N(C)[C@H](C)c1ccc(S(C)(=O)=O)cc1. The predicted molar refractivity (Wildman–Crippen MR) is 110 cm³/mol. The Morgan fingerprint density at radius 1 is 1.14 bits per heavy atom. The number of amides is 1. The molecule has 0 aliphatic carbocycles. The predicted octanol–water partition coefficient (Wildman–Crippen LogP) is 3.36. The lowest BCUT2D eigenvalue weighted by Crippen LogP contribution is -2.30. The molecular formula is C21H25N3O3S. The molecule has 0 saturated carbocycles. The molecule has 0 spiro atoms. The van der Waals surface area contributed by atoms with Gasteiger partial charge in [0.2, 0.25) is 5.91 Å². The number of para-hydroxylation sites is 2. The van der Waals surface area contributed by atoms with E-state index in [1.807, 2.05) is 38.1 Å². The number of nitrogens with zero attached hydrogens (tertiary/aromatic N) is 3. The second kappa shape index (κ2) is 7.75. The van der Waals surface area contributed by atoms with Gasteiger partial charge >= 0.3 is 0 Å². The molecular weight excluding hydrogens is 374 g/mol. The Hall–Kier alpha value is -2.67.